The largest absolute Gasteiger partial charge is 0.319 e. The van der Waals surface area contributed by atoms with E-state index in [0.29, 0.717) is 17.2 Å². The van der Waals surface area contributed by atoms with Crippen molar-refractivity contribution in [1.29, 1.82) is 5.26 Å². The SMILES string of the molecule is CCC1CCC1n1c(-c2ccc(S(=O)(=O)NC3(C)CC3)cn2)c(C#N)c2cccnc21. The van der Waals surface area contributed by atoms with E-state index in [1.54, 1.807) is 18.3 Å². The second kappa shape index (κ2) is 7.14. The monoisotopic (exact) mass is 435 g/mol. The third kappa shape index (κ3) is 3.33. The van der Waals surface area contributed by atoms with E-state index in [4.69, 9.17) is 0 Å². The summed E-state index contributed by atoms with van der Waals surface area (Å²) in [5.74, 6) is 0.533. The smallest absolute Gasteiger partial charge is 0.242 e. The number of nitrogens with one attached hydrogen (secondary N) is 1. The zero-order valence-electron chi connectivity index (χ0n) is 17.7. The Labute approximate surface area is 182 Å². The highest BCUT2D eigenvalue weighted by Gasteiger charge is 2.41. The second-order valence-corrected chi connectivity index (χ2v) is 10.6. The average molecular weight is 436 g/mol. The molecule has 0 aliphatic heterocycles. The van der Waals surface area contributed by atoms with Gasteiger partial charge < -0.3 is 4.57 Å². The summed E-state index contributed by atoms with van der Waals surface area (Å²) >= 11 is 0. The highest BCUT2D eigenvalue weighted by Crippen LogP contribution is 2.46. The maximum atomic E-state index is 12.7. The topological polar surface area (TPSA) is 101 Å². The molecular weight excluding hydrogens is 410 g/mol. The maximum Gasteiger partial charge on any atom is 0.242 e. The molecule has 2 aliphatic rings. The first-order chi connectivity index (χ1) is 14.9. The van der Waals surface area contributed by atoms with E-state index < -0.39 is 10.0 Å². The van der Waals surface area contributed by atoms with Crippen molar-refractivity contribution < 1.29 is 8.42 Å². The second-order valence-electron chi connectivity index (χ2n) is 8.94. The van der Waals surface area contributed by atoms with E-state index in [2.05, 4.69) is 32.3 Å². The molecule has 3 aromatic heterocycles. The van der Waals surface area contributed by atoms with Gasteiger partial charge in [-0.2, -0.15) is 5.26 Å². The van der Waals surface area contributed by atoms with Crippen LogP contribution in [0.4, 0.5) is 0 Å². The molecule has 0 bridgehead atoms. The van der Waals surface area contributed by atoms with Crippen LogP contribution in [0.3, 0.4) is 0 Å². The Morgan fingerprint density at radius 3 is 2.65 bits per heavy atom. The number of hydrogen-bond acceptors (Lipinski definition) is 5. The molecular formula is C23H25N5O2S. The van der Waals surface area contributed by atoms with Crippen molar-refractivity contribution in [2.75, 3.05) is 0 Å². The number of rotatable bonds is 6. The van der Waals surface area contributed by atoms with Gasteiger partial charge in [-0.1, -0.05) is 13.3 Å². The Balaban J connectivity index is 1.62. The minimum atomic E-state index is -3.62. The fourth-order valence-corrected chi connectivity index (χ4v) is 5.95. The van der Waals surface area contributed by atoms with Crippen LogP contribution in [0.25, 0.3) is 22.4 Å². The van der Waals surface area contributed by atoms with Gasteiger partial charge in [-0.3, -0.25) is 4.98 Å². The fourth-order valence-electron chi connectivity index (χ4n) is 4.55. The van der Waals surface area contributed by atoms with Crippen molar-refractivity contribution in [3.8, 4) is 17.5 Å². The molecule has 0 spiro atoms. The van der Waals surface area contributed by atoms with E-state index in [0.717, 1.165) is 48.8 Å². The van der Waals surface area contributed by atoms with E-state index in [9.17, 15) is 13.7 Å². The van der Waals surface area contributed by atoms with Gasteiger partial charge in [-0.25, -0.2) is 18.1 Å². The van der Waals surface area contributed by atoms with Crippen LogP contribution in [0.2, 0.25) is 0 Å². The zero-order valence-corrected chi connectivity index (χ0v) is 18.5. The highest BCUT2D eigenvalue weighted by atomic mass is 32.2. The molecule has 8 heteroatoms. The summed E-state index contributed by atoms with van der Waals surface area (Å²) in [4.78, 5) is 9.23. The minimum Gasteiger partial charge on any atom is -0.319 e. The van der Waals surface area contributed by atoms with Gasteiger partial charge in [0.15, 0.2) is 0 Å². The Kier molecular flexibility index (Phi) is 4.65. The lowest BCUT2D eigenvalue weighted by Gasteiger charge is -2.38. The number of sulfonamides is 1. The van der Waals surface area contributed by atoms with E-state index in [-0.39, 0.29) is 16.5 Å². The van der Waals surface area contributed by atoms with Crippen LogP contribution in [0.5, 0.6) is 0 Å². The molecule has 0 amide bonds. The fraction of sp³-hybridized carbons (Fsp3) is 0.435. The van der Waals surface area contributed by atoms with E-state index >= 15 is 0 Å². The lowest BCUT2D eigenvalue weighted by atomic mass is 9.77. The number of pyridine rings is 2. The van der Waals surface area contributed by atoms with Crippen LogP contribution in [0.15, 0.2) is 41.6 Å². The van der Waals surface area contributed by atoms with Gasteiger partial charge in [0.2, 0.25) is 10.0 Å². The van der Waals surface area contributed by atoms with Crippen molar-refractivity contribution in [3.63, 3.8) is 0 Å². The maximum absolute atomic E-state index is 12.7. The Bertz CT molecular complexity index is 1300. The van der Waals surface area contributed by atoms with Crippen LogP contribution in [-0.4, -0.2) is 28.5 Å². The predicted molar refractivity (Wildman–Crippen MR) is 118 cm³/mol. The van der Waals surface area contributed by atoms with Gasteiger partial charge in [0.1, 0.15) is 16.6 Å². The summed E-state index contributed by atoms with van der Waals surface area (Å²) in [6, 6.07) is 9.64. The van der Waals surface area contributed by atoms with Gasteiger partial charge in [0, 0.05) is 29.4 Å². The van der Waals surface area contributed by atoms with Crippen molar-refractivity contribution in [3.05, 3.63) is 42.2 Å². The van der Waals surface area contributed by atoms with Gasteiger partial charge in [-0.05, 0) is 62.8 Å². The van der Waals surface area contributed by atoms with Crippen LogP contribution in [0.1, 0.15) is 57.6 Å². The molecule has 0 saturated heterocycles. The molecule has 160 valence electrons. The third-order valence-corrected chi connectivity index (χ3v) is 8.40. The van der Waals surface area contributed by atoms with Gasteiger partial charge in [-0.15, -0.1) is 0 Å². The normalized spacial score (nSPS) is 22.1. The van der Waals surface area contributed by atoms with E-state index in [1.165, 1.54) is 6.20 Å². The summed E-state index contributed by atoms with van der Waals surface area (Å²) in [7, 11) is -3.62. The molecule has 7 nitrogen and oxygen atoms in total. The average Bonchev–Trinajstić information content (AvgIpc) is 3.36. The highest BCUT2D eigenvalue weighted by molar-refractivity contribution is 7.89. The predicted octanol–water partition coefficient (Wildman–Crippen LogP) is 4.16. The standard InChI is InChI=1S/C23H25N5O2S/c1-3-15-6-9-20(15)28-21(18(13-24)17-5-4-12-25-22(17)28)19-8-7-16(14-26-19)31(29,30)27-23(2)10-11-23/h4-5,7-8,12,14-15,20,27H,3,6,9-11H2,1-2H3. The summed E-state index contributed by atoms with van der Waals surface area (Å²) in [5, 5.41) is 10.8. The first kappa shape index (κ1) is 20.2. The zero-order chi connectivity index (χ0) is 21.8. The van der Waals surface area contributed by atoms with Gasteiger partial charge >= 0.3 is 0 Å². The lowest BCUT2D eigenvalue weighted by Crippen LogP contribution is -2.34. The molecule has 2 unspecified atom stereocenters. The Hall–Kier alpha value is -2.76. The number of hydrogen-bond donors (Lipinski definition) is 1. The molecule has 5 rings (SSSR count). The van der Waals surface area contributed by atoms with Crippen molar-refractivity contribution in [1.82, 2.24) is 19.3 Å². The van der Waals surface area contributed by atoms with Gasteiger partial charge in [0.25, 0.3) is 0 Å². The minimum absolute atomic E-state index is 0.138. The van der Waals surface area contributed by atoms with Crippen LogP contribution < -0.4 is 4.72 Å². The third-order valence-electron chi connectivity index (χ3n) is 6.78. The quantitative estimate of drug-likeness (QED) is 0.626. The molecule has 3 heterocycles. The summed E-state index contributed by atoms with van der Waals surface area (Å²) < 4.78 is 30.3. The Morgan fingerprint density at radius 1 is 1.26 bits per heavy atom. The van der Waals surface area contributed by atoms with Crippen molar-refractivity contribution in [2.24, 2.45) is 5.92 Å². The summed E-state index contributed by atoms with van der Waals surface area (Å²) in [6.45, 7) is 4.09. The van der Waals surface area contributed by atoms with E-state index in [1.807, 2.05) is 19.1 Å². The molecule has 2 saturated carbocycles. The summed E-state index contributed by atoms with van der Waals surface area (Å²) in [5.41, 5.74) is 2.30. The molecule has 3 aromatic rings. The lowest BCUT2D eigenvalue weighted by molar-refractivity contribution is 0.182. The molecule has 1 N–H and O–H groups in total. The molecule has 2 atom stereocenters. The first-order valence-corrected chi connectivity index (χ1v) is 12.2. The molecule has 2 fully saturated rings. The Morgan fingerprint density at radius 2 is 2.06 bits per heavy atom. The van der Waals surface area contributed by atoms with Gasteiger partial charge in [0.05, 0.1) is 17.0 Å². The van der Waals surface area contributed by atoms with Crippen molar-refractivity contribution >= 4 is 21.1 Å². The molecule has 0 aromatic carbocycles. The van der Waals surface area contributed by atoms with Crippen LogP contribution in [-0.2, 0) is 10.0 Å². The van der Waals surface area contributed by atoms with Crippen LogP contribution >= 0.6 is 0 Å². The van der Waals surface area contributed by atoms with Crippen molar-refractivity contribution in [2.45, 2.75) is 62.4 Å². The number of nitriles is 1. The summed E-state index contributed by atoms with van der Waals surface area (Å²) in [6.07, 6.45) is 8.07. The number of aromatic nitrogens is 3. The molecule has 2 aliphatic carbocycles. The molecule has 31 heavy (non-hydrogen) atoms. The molecule has 0 radical (unpaired) electrons. The number of nitrogens with zero attached hydrogens (tertiary/aromatic N) is 4. The van der Waals surface area contributed by atoms with Crippen LogP contribution in [0, 0.1) is 17.2 Å². The number of fused-ring (bicyclic) bond motifs is 1. The first-order valence-electron chi connectivity index (χ1n) is 10.8.